The first-order chi connectivity index (χ1) is 12.5. The first-order valence-electron chi connectivity index (χ1n) is 7.54. The molecule has 1 aromatic heterocycles. The molecular formula is C19H12ClN2O4-. The summed E-state index contributed by atoms with van der Waals surface area (Å²) in [6.45, 7) is 0. The lowest BCUT2D eigenvalue weighted by molar-refractivity contribution is -0.255. The lowest BCUT2D eigenvalue weighted by Gasteiger charge is -2.03. The number of carbonyl (C=O) groups is 2. The summed E-state index contributed by atoms with van der Waals surface area (Å²) in [6, 6.07) is 16.1. The normalized spacial score (nSPS) is 10.8. The summed E-state index contributed by atoms with van der Waals surface area (Å²) in [5.74, 6) is -0.854. The minimum Gasteiger partial charge on any atom is -0.545 e. The number of carbonyl (C=O) groups excluding carboxylic acids is 2. The zero-order chi connectivity index (χ0) is 18.5. The van der Waals surface area contributed by atoms with Crippen LogP contribution in [0.4, 0.5) is 0 Å². The molecule has 1 heterocycles. The number of nitrogens with zero attached hydrogens (tertiary/aromatic N) is 1. The van der Waals surface area contributed by atoms with E-state index in [1.165, 1.54) is 18.3 Å². The first-order valence-corrected chi connectivity index (χ1v) is 7.92. The molecule has 0 atom stereocenters. The Morgan fingerprint density at radius 1 is 1.08 bits per heavy atom. The van der Waals surface area contributed by atoms with Crippen molar-refractivity contribution in [3.05, 3.63) is 82.6 Å². The molecule has 26 heavy (non-hydrogen) atoms. The van der Waals surface area contributed by atoms with E-state index in [1.54, 1.807) is 48.5 Å². The molecule has 0 aliphatic rings. The van der Waals surface area contributed by atoms with Crippen molar-refractivity contribution in [2.75, 3.05) is 0 Å². The van der Waals surface area contributed by atoms with Gasteiger partial charge in [-0.3, -0.25) is 4.79 Å². The molecule has 6 nitrogen and oxygen atoms in total. The van der Waals surface area contributed by atoms with Crippen molar-refractivity contribution < 1.29 is 19.1 Å². The highest BCUT2D eigenvalue weighted by atomic mass is 35.5. The number of carboxylic acid groups (broad SMARTS) is 1. The molecule has 3 aromatic rings. The van der Waals surface area contributed by atoms with Gasteiger partial charge in [-0.15, -0.1) is 0 Å². The van der Waals surface area contributed by atoms with Gasteiger partial charge >= 0.3 is 0 Å². The third-order valence-electron chi connectivity index (χ3n) is 3.49. The van der Waals surface area contributed by atoms with Gasteiger partial charge in [0.05, 0.1) is 22.8 Å². The number of aromatic carboxylic acids is 1. The largest absolute Gasteiger partial charge is 0.545 e. The minimum absolute atomic E-state index is 0.0566. The molecule has 0 bridgehead atoms. The number of hydrazone groups is 1. The Morgan fingerprint density at radius 3 is 2.65 bits per heavy atom. The van der Waals surface area contributed by atoms with Crippen LogP contribution in [0.25, 0.3) is 11.3 Å². The molecule has 7 heteroatoms. The van der Waals surface area contributed by atoms with Crippen molar-refractivity contribution in [3.63, 3.8) is 0 Å². The van der Waals surface area contributed by atoms with E-state index in [-0.39, 0.29) is 5.56 Å². The Hall–Kier alpha value is -3.38. The molecule has 1 amide bonds. The summed E-state index contributed by atoms with van der Waals surface area (Å²) >= 11 is 5.94. The number of amides is 1. The van der Waals surface area contributed by atoms with Crippen molar-refractivity contribution in [1.82, 2.24) is 5.43 Å². The van der Waals surface area contributed by atoms with Gasteiger partial charge in [0, 0.05) is 5.56 Å². The van der Waals surface area contributed by atoms with E-state index < -0.39 is 11.9 Å². The van der Waals surface area contributed by atoms with Crippen molar-refractivity contribution >= 4 is 29.7 Å². The van der Waals surface area contributed by atoms with Gasteiger partial charge in [-0.2, -0.15) is 5.10 Å². The maximum Gasteiger partial charge on any atom is 0.272 e. The number of halogens is 1. The van der Waals surface area contributed by atoms with E-state index in [1.807, 2.05) is 0 Å². The van der Waals surface area contributed by atoms with Gasteiger partial charge in [-0.25, -0.2) is 5.43 Å². The van der Waals surface area contributed by atoms with E-state index in [9.17, 15) is 14.7 Å². The molecule has 3 rings (SSSR count). The monoisotopic (exact) mass is 367 g/mol. The molecule has 0 radical (unpaired) electrons. The molecule has 0 fully saturated rings. The standard InChI is InChI=1S/C19H13ClN2O4/c20-16-7-2-1-6-15(16)18(23)22-21-11-14-8-9-17(26-14)12-4-3-5-13(10-12)19(24)25/h1-11H,(H,22,23)(H,24,25)/p-1/b21-11+. The van der Waals surface area contributed by atoms with E-state index in [4.69, 9.17) is 16.0 Å². The number of carboxylic acids is 1. The second-order valence-electron chi connectivity index (χ2n) is 5.25. The molecule has 0 spiro atoms. The fourth-order valence-corrected chi connectivity index (χ4v) is 2.46. The van der Waals surface area contributed by atoms with Gasteiger partial charge in [-0.1, -0.05) is 41.9 Å². The molecule has 0 aliphatic carbocycles. The lowest BCUT2D eigenvalue weighted by atomic mass is 10.1. The van der Waals surface area contributed by atoms with E-state index in [0.29, 0.717) is 27.7 Å². The molecule has 0 unspecified atom stereocenters. The summed E-state index contributed by atoms with van der Waals surface area (Å²) in [5, 5.41) is 15.1. The van der Waals surface area contributed by atoms with Gasteiger partial charge in [0.25, 0.3) is 5.91 Å². The van der Waals surface area contributed by atoms with Gasteiger partial charge in [0.15, 0.2) is 0 Å². The van der Waals surface area contributed by atoms with Crippen molar-refractivity contribution in [2.24, 2.45) is 5.10 Å². The third-order valence-corrected chi connectivity index (χ3v) is 3.82. The predicted molar refractivity (Wildman–Crippen MR) is 95.0 cm³/mol. The molecular weight excluding hydrogens is 356 g/mol. The van der Waals surface area contributed by atoms with Gasteiger partial charge in [0.1, 0.15) is 11.5 Å². The maximum absolute atomic E-state index is 12.0. The summed E-state index contributed by atoms with van der Waals surface area (Å²) in [5.41, 5.74) is 3.32. The minimum atomic E-state index is -1.26. The number of furan rings is 1. The summed E-state index contributed by atoms with van der Waals surface area (Å²) in [7, 11) is 0. The van der Waals surface area contributed by atoms with Crippen LogP contribution >= 0.6 is 11.6 Å². The van der Waals surface area contributed by atoms with Crippen LogP contribution in [0.2, 0.25) is 5.02 Å². The number of nitrogens with one attached hydrogen (secondary N) is 1. The van der Waals surface area contributed by atoms with Crippen LogP contribution in [0, 0.1) is 0 Å². The Kier molecular flexibility index (Phi) is 5.15. The lowest BCUT2D eigenvalue weighted by Crippen LogP contribution is -2.22. The zero-order valence-corrected chi connectivity index (χ0v) is 14.1. The second-order valence-corrected chi connectivity index (χ2v) is 5.66. The molecule has 1 N–H and O–H groups in total. The molecule has 0 aliphatic heterocycles. The van der Waals surface area contributed by atoms with Crippen LogP contribution < -0.4 is 10.5 Å². The Morgan fingerprint density at radius 2 is 1.88 bits per heavy atom. The van der Waals surface area contributed by atoms with Crippen LogP contribution in [0.1, 0.15) is 26.5 Å². The molecule has 0 saturated carbocycles. The van der Waals surface area contributed by atoms with E-state index >= 15 is 0 Å². The average Bonchev–Trinajstić information content (AvgIpc) is 3.11. The zero-order valence-electron chi connectivity index (χ0n) is 13.3. The van der Waals surface area contributed by atoms with Crippen LogP contribution in [0.3, 0.4) is 0 Å². The Labute approximate surface area is 153 Å². The van der Waals surface area contributed by atoms with Crippen molar-refractivity contribution in [1.29, 1.82) is 0 Å². The number of benzene rings is 2. The van der Waals surface area contributed by atoms with Gasteiger partial charge in [0.2, 0.25) is 0 Å². The molecule has 2 aromatic carbocycles. The third kappa shape index (κ3) is 3.99. The summed E-state index contributed by atoms with van der Waals surface area (Å²) in [6.07, 6.45) is 1.33. The van der Waals surface area contributed by atoms with Crippen molar-refractivity contribution in [3.8, 4) is 11.3 Å². The van der Waals surface area contributed by atoms with Crippen LogP contribution in [-0.2, 0) is 0 Å². The van der Waals surface area contributed by atoms with E-state index in [0.717, 1.165) is 0 Å². The van der Waals surface area contributed by atoms with Crippen LogP contribution in [0.5, 0.6) is 0 Å². The fourth-order valence-electron chi connectivity index (χ4n) is 2.24. The van der Waals surface area contributed by atoms with Crippen molar-refractivity contribution in [2.45, 2.75) is 0 Å². The maximum atomic E-state index is 12.0. The average molecular weight is 368 g/mol. The highest BCUT2D eigenvalue weighted by Crippen LogP contribution is 2.22. The van der Waals surface area contributed by atoms with Crippen LogP contribution in [0.15, 0.2) is 70.2 Å². The Bertz CT molecular complexity index is 994. The predicted octanol–water partition coefficient (Wildman–Crippen LogP) is 2.73. The quantitative estimate of drug-likeness (QED) is 0.554. The number of hydrogen-bond donors (Lipinski definition) is 1. The second kappa shape index (κ2) is 7.67. The SMILES string of the molecule is O=C([O-])c1cccc(-c2ccc(/C=N/NC(=O)c3ccccc3Cl)o2)c1. The summed E-state index contributed by atoms with van der Waals surface area (Å²) < 4.78 is 5.58. The summed E-state index contributed by atoms with van der Waals surface area (Å²) in [4.78, 5) is 22.9. The fraction of sp³-hybridized carbons (Fsp3) is 0. The molecule has 0 saturated heterocycles. The Balaban J connectivity index is 1.70. The van der Waals surface area contributed by atoms with Gasteiger partial charge < -0.3 is 14.3 Å². The van der Waals surface area contributed by atoms with Crippen LogP contribution in [-0.4, -0.2) is 18.1 Å². The highest BCUT2D eigenvalue weighted by Gasteiger charge is 2.08. The first kappa shape index (κ1) is 17.4. The molecule has 130 valence electrons. The smallest absolute Gasteiger partial charge is 0.272 e. The number of rotatable bonds is 5. The number of hydrogen-bond acceptors (Lipinski definition) is 5. The topological polar surface area (TPSA) is 94.7 Å². The van der Waals surface area contributed by atoms with E-state index in [2.05, 4.69) is 10.5 Å². The highest BCUT2D eigenvalue weighted by molar-refractivity contribution is 6.33. The van der Waals surface area contributed by atoms with Gasteiger partial charge in [-0.05, 0) is 35.9 Å².